The molecule has 15 heavy (non-hydrogen) atoms. The molecule has 0 unspecified atom stereocenters. The molecule has 1 fully saturated rings. The molecule has 2 heterocycles. The minimum absolute atomic E-state index is 0.0193. The Balaban J connectivity index is 2.06. The van der Waals surface area contributed by atoms with Gasteiger partial charge in [0.25, 0.3) is 0 Å². The van der Waals surface area contributed by atoms with Crippen LogP contribution in [0.3, 0.4) is 0 Å². The van der Waals surface area contributed by atoms with E-state index < -0.39 is 0 Å². The van der Waals surface area contributed by atoms with Crippen molar-refractivity contribution in [2.75, 3.05) is 20.1 Å². The maximum absolute atomic E-state index is 11.1. The van der Waals surface area contributed by atoms with Gasteiger partial charge in [0, 0.05) is 19.0 Å². The molecule has 1 aromatic heterocycles. The number of carbonyl (C=O) groups is 1. The number of hydrogen-bond acceptors (Lipinski definition) is 3. The van der Waals surface area contributed by atoms with Gasteiger partial charge < -0.3 is 4.90 Å². The molecule has 0 aliphatic carbocycles. The molecular weight excluding hydrogens is 190 g/mol. The third-order valence-electron chi connectivity index (χ3n) is 3.07. The molecule has 0 aromatic carbocycles. The second-order valence-electron chi connectivity index (χ2n) is 4.28. The van der Waals surface area contributed by atoms with Gasteiger partial charge in [-0.05, 0) is 39.0 Å². The highest BCUT2D eigenvalue weighted by Gasteiger charge is 2.20. The molecule has 82 valence electrons. The van der Waals surface area contributed by atoms with Gasteiger partial charge in [-0.25, -0.2) is 4.68 Å². The summed E-state index contributed by atoms with van der Waals surface area (Å²) in [4.78, 5) is 13.4. The summed E-state index contributed by atoms with van der Waals surface area (Å²) < 4.78 is 1.42. The molecule has 4 heteroatoms. The van der Waals surface area contributed by atoms with Crippen molar-refractivity contribution in [1.29, 1.82) is 0 Å². The molecule has 0 spiro atoms. The van der Waals surface area contributed by atoms with Crippen LogP contribution < -0.4 is 0 Å². The number of likely N-dealkylation sites (tertiary alicyclic amines) is 1. The quantitative estimate of drug-likeness (QED) is 0.697. The smallest absolute Gasteiger partial charge is 0.243 e. The summed E-state index contributed by atoms with van der Waals surface area (Å²) in [6.45, 7) is 3.78. The van der Waals surface area contributed by atoms with E-state index in [4.69, 9.17) is 0 Å². The van der Waals surface area contributed by atoms with E-state index in [2.05, 4.69) is 17.0 Å². The van der Waals surface area contributed by atoms with Crippen LogP contribution in [-0.2, 0) is 0 Å². The first-order chi connectivity index (χ1) is 7.16. The van der Waals surface area contributed by atoms with Crippen LogP contribution in [0.4, 0.5) is 0 Å². The van der Waals surface area contributed by atoms with Gasteiger partial charge in [0.2, 0.25) is 5.91 Å². The molecule has 0 saturated carbocycles. The number of nitrogens with zero attached hydrogens (tertiary/aromatic N) is 3. The lowest BCUT2D eigenvalue weighted by atomic mass is 9.94. The lowest BCUT2D eigenvalue weighted by Crippen LogP contribution is -2.29. The lowest BCUT2D eigenvalue weighted by molar-refractivity contribution is 0.0920. The molecule has 0 N–H and O–H groups in total. The highest BCUT2D eigenvalue weighted by molar-refractivity contribution is 5.74. The highest BCUT2D eigenvalue weighted by atomic mass is 16.2. The number of aromatic nitrogens is 2. The SMILES string of the molecule is CC(=O)n1ccc(C2CCN(C)CC2)n1. The molecular formula is C11H17N3O. The first-order valence-corrected chi connectivity index (χ1v) is 5.42. The van der Waals surface area contributed by atoms with Gasteiger partial charge in [0.05, 0.1) is 5.69 Å². The summed E-state index contributed by atoms with van der Waals surface area (Å²) in [6, 6.07) is 1.97. The third-order valence-corrected chi connectivity index (χ3v) is 3.07. The Morgan fingerprint density at radius 3 is 2.67 bits per heavy atom. The Kier molecular flexibility index (Phi) is 2.86. The number of hydrogen-bond donors (Lipinski definition) is 0. The first kappa shape index (κ1) is 10.4. The molecule has 1 aromatic rings. The standard InChI is InChI=1S/C11H17N3O/c1-9(15)14-8-5-11(12-14)10-3-6-13(2)7-4-10/h5,8,10H,3-4,6-7H2,1-2H3. The molecule has 0 radical (unpaired) electrons. The molecule has 1 aliphatic heterocycles. The molecule has 2 rings (SSSR count). The van der Waals surface area contributed by atoms with E-state index >= 15 is 0 Å². The van der Waals surface area contributed by atoms with Crippen LogP contribution in [-0.4, -0.2) is 40.7 Å². The van der Waals surface area contributed by atoms with Gasteiger partial charge >= 0.3 is 0 Å². The molecule has 0 amide bonds. The molecule has 4 nitrogen and oxygen atoms in total. The first-order valence-electron chi connectivity index (χ1n) is 5.42. The van der Waals surface area contributed by atoms with Crippen molar-refractivity contribution in [3.63, 3.8) is 0 Å². The molecule has 0 bridgehead atoms. The van der Waals surface area contributed by atoms with Crippen molar-refractivity contribution in [3.05, 3.63) is 18.0 Å². The number of carbonyl (C=O) groups excluding carboxylic acids is 1. The molecule has 1 saturated heterocycles. The average molecular weight is 207 g/mol. The van der Waals surface area contributed by atoms with E-state index in [0.717, 1.165) is 31.6 Å². The zero-order chi connectivity index (χ0) is 10.8. The van der Waals surface area contributed by atoms with Gasteiger partial charge in [0.15, 0.2) is 0 Å². The summed E-state index contributed by atoms with van der Waals surface area (Å²) in [7, 11) is 2.14. The number of rotatable bonds is 1. The summed E-state index contributed by atoms with van der Waals surface area (Å²) in [5, 5.41) is 4.31. The topological polar surface area (TPSA) is 38.1 Å². The monoisotopic (exact) mass is 207 g/mol. The van der Waals surface area contributed by atoms with Crippen LogP contribution in [0, 0.1) is 0 Å². The van der Waals surface area contributed by atoms with Gasteiger partial charge in [-0.2, -0.15) is 5.10 Å². The highest BCUT2D eigenvalue weighted by Crippen LogP contribution is 2.25. The van der Waals surface area contributed by atoms with Crippen molar-refractivity contribution in [2.24, 2.45) is 0 Å². The van der Waals surface area contributed by atoms with Crippen LogP contribution >= 0.6 is 0 Å². The van der Waals surface area contributed by atoms with Crippen LogP contribution in [0.2, 0.25) is 0 Å². The summed E-state index contributed by atoms with van der Waals surface area (Å²) in [5.41, 5.74) is 1.07. The van der Waals surface area contributed by atoms with Crippen molar-refractivity contribution >= 4 is 5.91 Å². The van der Waals surface area contributed by atoms with Crippen molar-refractivity contribution < 1.29 is 4.79 Å². The van der Waals surface area contributed by atoms with E-state index in [1.54, 1.807) is 6.20 Å². The van der Waals surface area contributed by atoms with Crippen LogP contribution in [0.1, 0.15) is 36.2 Å². The van der Waals surface area contributed by atoms with E-state index in [-0.39, 0.29) is 5.91 Å². The second kappa shape index (κ2) is 4.14. The summed E-state index contributed by atoms with van der Waals surface area (Å²) in [5.74, 6) is 0.510. The third kappa shape index (κ3) is 2.26. The van der Waals surface area contributed by atoms with E-state index in [1.807, 2.05) is 6.07 Å². The fourth-order valence-electron chi connectivity index (χ4n) is 2.04. The zero-order valence-corrected chi connectivity index (χ0v) is 9.31. The van der Waals surface area contributed by atoms with Crippen molar-refractivity contribution in [3.8, 4) is 0 Å². The predicted molar refractivity (Wildman–Crippen MR) is 58.0 cm³/mol. The van der Waals surface area contributed by atoms with Crippen molar-refractivity contribution in [1.82, 2.24) is 14.7 Å². The Bertz CT molecular complexity index is 350. The van der Waals surface area contributed by atoms with Crippen LogP contribution in [0.5, 0.6) is 0 Å². The van der Waals surface area contributed by atoms with Crippen molar-refractivity contribution in [2.45, 2.75) is 25.7 Å². The average Bonchev–Trinajstić information content (AvgIpc) is 2.68. The maximum atomic E-state index is 11.1. The molecule has 0 atom stereocenters. The Morgan fingerprint density at radius 1 is 1.47 bits per heavy atom. The van der Waals surface area contributed by atoms with Gasteiger partial charge in [0.1, 0.15) is 0 Å². The zero-order valence-electron chi connectivity index (χ0n) is 9.31. The lowest BCUT2D eigenvalue weighted by Gasteiger charge is -2.27. The fourth-order valence-corrected chi connectivity index (χ4v) is 2.04. The fraction of sp³-hybridized carbons (Fsp3) is 0.636. The summed E-state index contributed by atoms with van der Waals surface area (Å²) >= 11 is 0. The largest absolute Gasteiger partial charge is 0.306 e. The minimum Gasteiger partial charge on any atom is -0.306 e. The number of piperidine rings is 1. The van der Waals surface area contributed by atoms with E-state index in [0.29, 0.717) is 5.92 Å². The van der Waals surface area contributed by atoms with Crippen LogP contribution in [0.15, 0.2) is 12.3 Å². The minimum atomic E-state index is -0.0193. The van der Waals surface area contributed by atoms with E-state index in [1.165, 1.54) is 11.6 Å². The van der Waals surface area contributed by atoms with Gasteiger partial charge in [-0.15, -0.1) is 0 Å². The second-order valence-corrected chi connectivity index (χ2v) is 4.28. The maximum Gasteiger partial charge on any atom is 0.243 e. The summed E-state index contributed by atoms with van der Waals surface area (Å²) in [6.07, 6.45) is 4.05. The predicted octanol–water partition coefficient (Wildman–Crippen LogP) is 1.35. The van der Waals surface area contributed by atoms with Crippen LogP contribution in [0.25, 0.3) is 0 Å². The molecule has 1 aliphatic rings. The van der Waals surface area contributed by atoms with Gasteiger partial charge in [-0.1, -0.05) is 0 Å². The Morgan fingerprint density at radius 2 is 2.13 bits per heavy atom. The normalized spacial score (nSPS) is 19.3. The van der Waals surface area contributed by atoms with Gasteiger partial charge in [-0.3, -0.25) is 4.79 Å². The van der Waals surface area contributed by atoms with E-state index in [9.17, 15) is 4.79 Å². The Hall–Kier alpha value is -1.16. The Labute approximate surface area is 89.9 Å².